The van der Waals surface area contributed by atoms with Gasteiger partial charge in [-0.3, -0.25) is 0 Å². The van der Waals surface area contributed by atoms with Gasteiger partial charge >= 0.3 is 0 Å². The third kappa shape index (κ3) is 3.53. The molecule has 0 saturated carbocycles. The van der Waals surface area contributed by atoms with Crippen molar-refractivity contribution in [3.05, 3.63) is 145 Å². The zero-order chi connectivity index (χ0) is 25.9. The van der Waals surface area contributed by atoms with Crippen LogP contribution in [-0.2, 0) is 0 Å². The first kappa shape index (κ1) is 22.3. The molecular formula is C38H23Cl. The molecule has 0 unspecified atom stereocenters. The minimum atomic E-state index is 0.760. The molecule has 0 aromatic heterocycles. The fourth-order valence-corrected chi connectivity index (χ4v) is 6.44. The Labute approximate surface area is 231 Å². The third-order valence-electron chi connectivity index (χ3n) is 8.06. The summed E-state index contributed by atoms with van der Waals surface area (Å²) in [6.45, 7) is 0. The van der Waals surface area contributed by atoms with E-state index in [1.54, 1.807) is 0 Å². The van der Waals surface area contributed by atoms with E-state index in [0.717, 1.165) is 5.02 Å². The Morgan fingerprint density at radius 2 is 0.744 bits per heavy atom. The van der Waals surface area contributed by atoms with E-state index in [-0.39, 0.29) is 0 Å². The van der Waals surface area contributed by atoms with Crippen molar-refractivity contribution in [2.75, 3.05) is 0 Å². The van der Waals surface area contributed by atoms with Gasteiger partial charge in [-0.25, -0.2) is 0 Å². The standard InChI is InChI=1S/C38H23Cl/c39-30-20-19-26-15-14-25-16-18-29(22-35(25)36(26)23-30)38-33-11-5-3-9-31(33)37(32-10-4-6-12-34(32)38)28-17-13-24-7-1-2-8-27(24)21-28/h1-23H. The summed E-state index contributed by atoms with van der Waals surface area (Å²) in [4.78, 5) is 0. The molecule has 0 aliphatic rings. The van der Waals surface area contributed by atoms with E-state index in [1.165, 1.54) is 76.1 Å². The van der Waals surface area contributed by atoms with Gasteiger partial charge in [-0.15, -0.1) is 0 Å². The first-order chi connectivity index (χ1) is 19.2. The van der Waals surface area contributed by atoms with Crippen LogP contribution in [0.25, 0.3) is 76.1 Å². The van der Waals surface area contributed by atoms with Gasteiger partial charge in [-0.1, -0.05) is 127 Å². The average molecular weight is 515 g/mol. The number of hydrogen-bond acceptors (Lipinski definition) is 0. The highest BCUT2D eigenvalue weighted by atomic mass is 35.5. The van der Waals surface area contributed by atoms with Crippen molar-refractivity contribution in [2.24, 2.45) is 0 Å². The molecule has 0 saturated heterocycles. The Kier molecular flexibility index (Phi) is 4.98. The first-order valence-electron chi connectivity index (χ1n) is 13.3. The van der Waals surface area contributed by atoms with Crippen LogP contribution in [-0.4, -0.2) is 0 Å². The van der Waals surface area contributed by atoms with Crippen LogP contribution in [0.3, 0.4) is 0 Å². The molecule has 0 nitrogen and oxygen atoms in total. The van der Waals surface area contributed by atoms with Crippen LogP contribution in [0.2, 0.25) is 5.02 Å². The van der Waals surface area contributed by atoms with Gasteiger partial charge in [-0.05, 0) is 100 Å². The van der Waals surface area contributed by atoms with E-state index in [4.69, 9.17) is 11.6 Å². The molecule has 0 spiro atoms. The van der Waals surface area contributed by atoms with E-state index in [0.29, 0.717) is 0 Å². The minimum Gasteiger partial charge on any atom is -0.0843 e. The van der Waals surface area contributed by atoms with E-state index in [1.807, 2.05) is 6.07 Å². The van der Waals surface area contributed by atoms with E-state index in [9.17, 15) is 0 Å². The van der Waals surface area contributed by atoms with Crippen LogP contribution in [0.15, 0.2) is 140 Å². The Hall–Kier alpha value is -4.65. The van der Waals surface area contributed by atoms with Crippen molar-refractivity contribution in [1.29, 1.82) is 0 Å². The smallest absolute Gasteiger partial charge is 0.0412 e. The fraction of sp³-hybridized carbons (Fsp3) is 0. The van der Waals surface area contributed by atoms with Gasteiger partial charge in [0.1, 0.15) is 0 Å². The molecule has 0 aliphatic heterocycles. The molecule has 1 heteroatoms. The van der Waals surface area contributed by atoms with Gasteiger partial charge in [0.2, 0.25) is 0 Å². The number of fused-ring (bicyclic) bond motifs is 6. The van der Waals surface area contributed by atoms with E-state index >= 15 is 0 Å². The number of benzene rings is 8. The summed E-state index contributed by atoms with van der Waals surface area (Å²) in [5, 5.41) is 13.2. The lowest BCUT2D eigenvalue weighted by molar-refractivity contribution is 1.68. The summed E-state index contributed by atoms with van der Waals surface area (Å²) in [6.07, 6.45) is 0. The third-order valence-corrected chi connectivity index (χ3v) is 8.29. The Balaban J connectivity index is 1.48. The maximum atomic E-state index is 6.44. The lowest BCUT2D eigenvalue weighted by Crippen LogP contribution is -1.91. The SMILES string of the molecule is Clc1ccc2ccc3ccc(-c4c5ccccc5c(-c5ccc6ccccc6c5)c5ccccc45)cc3c2c1. The van der Waals surface area contributed by atoms with Crippen molar-refractivity contribution in [3.8, 4) is 22.3 Å². The molecule has 0 aliphatic carbocycles. The fourth-order valence-electron chi connectivity index (χ4n) is 6.27. The number of halogens is 1. The Bertz CT molecular complexity index is 2180. The zero-order valence-corrected chi connectivity index (χ0v) is 21.9. The van der Waals surface area contributed by atoms with Crippen LogP contribution in [0, 0.1) is 0 Å². The van der Waals surface area contributed by atoms with Gasteiger partial charge in [0.05, 0.1) is 0 Å². The molecule has 0 amide bonds. The van der Waals surface area contributed by atoms with Gasteiger partial charge < -0.3 is 0 Å². The predicted octanol–water partition coefficient (Wildman–Crippen LogP) is 11.4. The molecule has 8 aromatic carbocycles. The van der Waals surface area contributed by atoms with Crippen molar-refractivity contribution >= 4 is 65.5 Å². The second-order valence-corrected chi connectivity index (χ2v) is 10.7. The molecule has 0 fully saturated rings. The average Bonchev–Trinajstić information content (AvgIpc) is 2.99. The lowest BCUT2D eigenvalue weighted by atomic mass is 9.85. The first-order valence-corrected chi connectivity index (χ1v) is 13.7. The topological polar surface area (TPSA) is 0 Å². The Morgan fingerprint density at radius 1 is 0.308 bits per heavy atom. The van der Waals surface area contributed by atoms with Crippen molar-refractivity contribution in [1.82, 2.24) is 0 Å². The molecule has 0 radical (unpaired) electrons. The second kappa shape index (κ2) is 8.70. The summed E-state index contributed by atoms with van der Waals surface area (Å²) >= 11 is 6.44. The van der Waals surface area contributed by atoms with Gasteiger partial charge in [0, 0.05) is 5.02 Å². The molecule has 0 atom stereocenters. The normalized spacial score (nSPS) is 11.7. The largest absolute Gasteiger partial charge is 0.0843 e. The van der Waals surface area contributed by atoms with E-state index in [2.05, 4.69) is 133 Å². The van der Waals surface area contributed by atoms with Gasteiger partial charge in [0.15, 0.2) is 0 Å². The summed E-state index contributed by atoms with van der Waals surface area (Å²) in [7, 11) is 0. The highest BCUT2D eigenvalue weighted by Gasteiger charge is 2.17. The molecule has 0 N–H and O–H groups in total. The molecule has 39 heavy (non-hydrogen) atoms. The van der Waals surface area contributed by atoms with Crippen LogP contribution >= 0.6 is 11.6 Å². The zero-order valence-electron chi connectivity index (χ0n) is 21.2. The molecule has 8 aromatic rings. The molecular weight excluding hydrogens is 492 g/mol. The van der Waals surface area contributed by atoms with Crippen LogP contribution in [0.1, 0.15) is 0 Å². The molecule has 182 valence electrons. The maximum Gasteiger partial charge on any atom is 0.0412 e. The van der Waals surface area contributed by atoms with Gasteiger partial charge in [-0.2, -0.15) is 0 Å². The molecule has 0 bridgehead atoms. The number of hydrogen-bond donors (Lipinski definition) is 0. The number of rotatable bonds is 2. The van der Waals surface area contributed by atoms with Crippen LogP contribution in [0.4, 0.5) is 0 Å². The highest BCUT2D eigenvalue weighted by Crippen LogP contribution is 2.44. The monoisotopic (exact) mass is 514 g/mol. The minimum absolute atomic E-state index is 0.760. The Morgan fingerprint density at radius 3 is 1.36 bits per heavy atom. The van der Waals surface area contributed by atoms with Crippen LogP contribution in [0.5, 0.6) is 0 Å². The maximum absolute atomic E-state index is 6.44. The lowest BCUT2D eigenvalue weighted by Gasteiger charge is -2.18. The van der Waals surface area contributed by atoms with Crippen LogP contribution < -0.4 is 0 Å². The quantitative estimate of drug-likeness (QED) is 0.159. The summed E-state index contributed by atoms with van der Waals surface area (Å²) in [6, 6.07) is 50.5. The van der Waals surface area contributed by atoms with Crippen molar-refractivity contribution < 1.29 is 0 Å². The summed E-state index contributed by atoms with van der Waals surface area (Å²) < 4.78 is 0. The van der Waals surface area contributed by atoms with Gasteiger partial charge in [0.25, 0.3) is 0 Å². The second-order valence-electron chi connectivity index (χ2n) is 10.3. The highest BCUT2D eigenvalue weighted by molar-refractivity contribution is 6.32. The summed E-state index contributed by atoms with van der Waals surface area (Å²) in [5.41, 5.74) is 5.01. The van der Waals surface area contributed by atoms with Crippen molar-refractivity contribution in [2.45, 2.75) is 0 Å². The summed E-state index contributed by atoms with van der Waals surface area (Å²) in [5.74, 6) is 0. The molecule has 8 rings (SSSR count). The molecule has 0 heterocycles. The predicted molar refractivity (Wildman–Crippen MR) is 170 cm³/mol. The van der Waals surface area contributed by atoms with E-state index < -0.39 is 0 Å². The van der Waals surface area contributed by atoms with Crippen molar-refractivity contribution in [3.63, 3.8) is 0 Å².